The van der Waals surface area contributed by atoms with Crippen LogP contribution in [0.3, 0.4) is 0 Å². The molecule has 5 heterocycles. The van der Waals surface area contributed by atoms with E-state index >= 15 is 0 Å². The summed E-state index contributed by atoms with van der Waals surface area (Å²) in [5.74, 6) is 0.0706. The Kier molecular flexibility index (Phi) is 10.3. The van der Waals surface area contributed by atoms with Gasteiger partial charge in [0.2, 0.25) is 11.8 Å². The zero-order chi connectivity index (χ0) is 35.7. The SMILES string of the molecule is CN(c1ccccc1C1SC(CC(=O)N2CCC(n3c(=O)[nH]c4ncccc43)CC2)C(=O)N1CCC(C)(C)C)[C@@H]1CCN(Cc2ccccc2)C1.[HH]. The molecule has 7 rings (SSSR count). The molecule has 2 aromatic heterocycles. The average Bonchev–Trinajstić information content (AvgIpc) is 3.82. The third-order valence-corrected chi connectivity index (χ3v) is 12.4. The van der Waals surface area contributed by atoms with Crippen LogP contribution in [0.1, 0.15) is 76.8 Å². The highest BCUT2D eigenvalue weighted by molar-refractivity contribution is 8.01. The van der Waals surface area contributed by atoms with Crippen LogP contribution < -0.4 is 10.6 Å². The van der Waals surface area contributed by atoms with E-state index in [4.69, 9.17) is 0 Å². The van der Waals surface area contributed by atoms with Crippen LogP contribution in [0.25, 0.3) is 11.2 Å². The lowest BCUT2D eigenvalue weighted by Crippen LogP contribution is -2.42. The third-order valence-electron chi connectivity index (χ3n) is 10.9. The number of para-hydroxylation sites is 1. The highest BCUT2D eigenvalue weighted by atomic mass is 32.2. The molecule has 2 amide bonds. The Bertz CT molecular complexity index is 1900. The van der Waals surface area contributed by atoms with E-state index in [0.29, 0.717) is 44.2 Å². The summed E-state index contributed by atoms with van der Waals surface area (Å²) in [4.78, 5) is 56.8. The number of likely N-dealkylation sites (N-methyl/N-ethyl adjacent to an activating group) is 1. The van der Waals surface area contributed by atoms with Gasteiger partial charge in [-0.25, -0.2) is 9.78 Å². The zero-order valence-electron chi connectivity index (χ0n) is 30.3. The minimum absolute atomic E-state index is 0. The zero-order valence-corrected chi connectivity index (χ0v) is 31.1. The van der Waals surface area contributed by atoms with E-state index in [1.807, 2.05) is 21.9 Å². The van der Waals surface area contributed by atoms with Crippen molar-refractivity contribution >= 4 is 40.4 Å². The summed E-state index contributed by atoms with van der Waals surface area (Å²) in [5, 5.41) is -0.597. The Balaban J connectivity index is 0.00000464. The maximum absolute atomic E-state index is 14.2. The molecular formula is C40H53N7O3S. The predicted molar refractivity (Wildman–Crippen MR) is 207 cm³/mol. The molecule has 272 valence electrons. The lowest BCUT2D eigenvalue weighted by atomic mass is 9.92. The second-order valence-corrected chi connectivity index (χ2v) is 16.9. The van der Waals surface area contributed by atoms with Gasteiger partial charge in [0.15, 0.2) is 5.65 Å². The average molecular weight is 712 g/mol. The van der Waals surface area contributed by atoms with Crippen LogP contribution in [0.4, 0.5) is 5.69 Å². The number of nitrogens with zero attached hydrogens (tertiary/aromatic N) is 6. The molecule has 1 N–H and O–H groups in total. The van der Waals surface area contributed by atoms with Crippen molar-refractivity contribution in [2.75, 3.05) is 44.7 Å². The normalized spacial score (nSPS) is 22.0. The fraction of sp³-hybridized carbons (Fsp3) is 0.500. The predicted octanol–water partition coefficient (Wildman–Crippen LogP) is 6.31. The van der Waals surface area contributed by atoms with Crippen molar-refractivity contribution in [1.82, 2.24) is 29.2 Å². The number of H-pyrrole nitrogens is 1. The van der Waals surface area contributed by atoms with Crippen molar-refractivity contribution in [3.63, 3.8) is 0 Å². The maximum Gasteiger partial charge on any atom is 0.327 e. The molecule has 3 aliphatic heterocycles. The van der Waals surface area contributed by atoms with Gasteiger partial charge in [-0.1, -0.05) is 69.3 Å². The number of imidazole rings is 1. The Hall–Kier alpha value is -4.09. The van der Waals surface area contributed by atoms with Crippen LogP contribution in [-0.4, -0.2) is 92.1 Å². The summed E-state index contributed by atoms with van der Waals surface area (Å²) < 4.78 is 1.79. The fourth-order valence-electron chi connectivity index (χ4n) is 7.96. The molecule has 0 spiro atoms. The number of nitrogens with one attached hydrogen (secondary N) is 1. The van der Waals surface area contributed by atoms with Gasteiger partial charge in [-0.15, -0.1) is 11.8 Å². The minimum atomic E-state index is -0.436. The Labute approximate surface area is 306 Å². The molecule has 0 radical (unpaired) electrons. The number of amides is 2. The molecular weight excluding hydrogens is 659 g/mol. The van der Waals surface area contributed by atoms with Crippen molar-refractivity contribution in [3.05, 3.63) is 94.5 Å². The van der Waals surface area contributed by atoms with Crippen molar-refractivity contribution < 1.29 is 11.0 Å². The molecule has 10 nitrogen and oxygen atoms in total. The van der Waals surface area contributed by atoms with Gasteiger partial charge in [0.1, 0.15) is 5.37 Å². The quantitative estimate of drug-likeness (QED) is 0.206. The second kappa shape index (κ2) is 14.9. The molecule has 3 aliphatic rings. The number of thioether (sulfide) groups is 1. The lowest BCUT2D eigenvalue weighted by Gasteiger charge is -2.33. The highest BCUT2D eigenvalue weighted by Crippen LogP contribution is 2.48. The number of rotatable bonds is 10. The molecule has 51 heavy (non-hydrogen) atoms. The first-order valence-corrected chi connectivity index (χ1v) is 19.4. The van der Waals surface area contributed by atoms with E-state index in [0.717, 1.165) is 49.2 Å². The molecule has 3 fully saturated rings. The van der Waals surface area contributed by atoms with E-state index in [2.05, 4.69) is 102 Å². The van der Waals surface area contributed by atoms with Gasteiger partial charge in [-0.3, -0.25) is 24.0 Å². The summed E-state index contributed by atoms with van der Waals surface area (Å²) in [5.41, 5.74) is 4.93. The number of aromatic nitrogens is 3. The van der Waals surface area contributed by atoms with E-state index in [1.54, 1.807) is 22.5 Å². The molecule has 0 bridgehead atoms. The fourth-order valence-corrected chi connectivity index (χ4v) is 9.46. The summed E-state index contributed by atoms with van der Waals surface area (Å²) >= 11 is 1.64. The van der Waals surface area contributed by atoms with Crippen LogP contribution >= 0.6 is 11.8 Å². The summed E-state index contributed by atoms with van der Waals surface area (Å²) in [6.45, 7) is 11.4. The van der Waals surface area contributed by atoms with Crippen LogP contribution in [0.15, 0.2) is 77.7 Å². The first-order valence-electron chi connectivity index (χ1n) is 18.4. The number of benzene rings is 2. The number of anilines is 1. The number of aromatic amines is 1. The Morgan fingerprint density at radius 2 is 1.73 bits per heavy atom. The van der Waals surface area contributed by atoms with Gasteiger partial charge >= 0.3 is 5.69 Å². The van der Waals surface area contributed by atoms with Gasteiger partial charge in [-0.05, 0) is 54.9 Å². The minimum Gasteiger partial charge on any atom is -0.370 e. The van der Waals surface area contributed by atoms with Gasteiger partial charge in [0.25, 0.3) is 0 Å². The van der Waals surface area contributed by atoms with E-state index in [-0.39, 0.29) is 42.2 Å². The molecule has 4 aromatic rings. The highest BCUT2D eigenvalue weighted by Gasteiger charge is 2.44. The maximum atomic E-state index is 14.2. The molecule has 0 saturated carbocycles. The number of carbonyl (C=O) groups excluding carboxylic acids is 2. The largest absolute Gasteiger partial charge is 0.370 e. The van der Waals surface area contributed by atoms with Crippen molar-refractivity contribution in [3.8, 4) is 0 Å². The van der Waals surface area contributed by atoms with Crippen LogP contribution in [0, 0.1) is 5.41 Å². The van der Waals surface area contributed by atoms with Crippen molar-refractivity contribution in [2.45, 2.75) is 82.1 Å². The number of piperidine rings is 1. The van der Waals surface area contributed by atoms with Crippen molar-refractivity contribution in [1.29, 1.82) is 0 Å². The number of hydrogen-bond acceptors (Lipinski definition) is 7. The van der Waals surface area contributed by atoms with Gasteiger partial charge in [-0.2, -0.15) is 0 Å². The van der Waals surface area contributed by atoms with Crippen LogP contribution in [0.2, 0.25) is 0 Å². The Morgan fingerprint density at radius 1 is 0.980 bits per heavy atom. The van der Waals surface area contributed by atoms with Crippen LogP contribution in [-0.2, 0) is 16.1 Å². The Morgan fingerprint density at radius 3 is 2.49 bits per heavy atom. The van der Waals surface area contributed by atoms with Crippen molar-refractivity contribution in [2.24, 2.45) is 5.41 Å². The van der Waals surface area contributed by atoms with E-state index in [1.165, 1.54) is 5.56 Å². The third kappa shape index (κ3) is 7.74. The molecule has 3 atom stereocenters. The molecule has 3 saturated heterocycles. The number of hydrogen-bond donors (Lipinski definition) is 1. The number of likely N-dealkylation sites (tertiary alicyclic amines) is 2. The van der Waals surface area contributed by atoms with Crippen LogP contribution in [0.5, 0.6) is 0 Å². The number of fused-ring (bicyclic) bond motifs is 1. The van der Waals surface area contributed by atoms with Gasteiger partial charge < -0.3 is 14.7 Å². The van der Waals surface area contributed by atoms with E-state index < -0.39 is 5.25 Å². The number of pyridine rings is 1. The first-order chi connectivity index (χ1) is 24.6. The van der Waals surface area contributed by atoms with E-state index in [9.17, 15) is 14.4 Å². The monoisotopic (exact) mass is 711 g/mol. The first kappa shape index (κ1) is 35.3. The second-order valence-electron chi connectivity index (χ2n) is 15.6. The molecule has 2 unspecified atom stereocenters. The molecule has 11 heteroatoms. The molecule has 2 aromatic carbocycles. The topological polar surface area (TPSA) is 97.8 Å². The number of carbonyl (C=O) groups is 2. The smallest absolute Gasteiger partial charge is 0.327 e. The van der Waals surface area contributed by atoms with Gasteiger partial charge in [0.05, 0.1) is 10.8 Å². The summed E-state index contributed by atoms with van der Waals surface area (Å²) in [6.07, 6.45) is 5.19. The lowest BCUT2D eigenvalue weighted by molar-refractivity contribution is -0.136. The standard InChI is InChI=1S/C40H51N7O3S.H2/c1-40(2,3)19-24-46-37(49)34(25-35(48)45-22-17-29(18-23-45)47-33-15-10-20-41-36(33)42-39(47)50)51-38(46)31-13-8-9-14-32(31)43(4)30-16-21-44(27-30)26-28-11-6-5-7-12-28;/h5-15,20,29-30,34,38H,16-19,21-27H2,1-4H3,(H,41,42,50);1H/t30-,34?,38?;/m1./s1. The molecule has 0 aliphatic carbocycles. The summed E-state index contributed by atoms with van der Waals surface area (Å²) in [6, 6.07) is 23.3. The van der Waals surface area contributed by atoms with Gasteiger partial charge in [0, 0.05) is 83.7 Å². The summed E-state index contributed by atoms with van der Waals surface area (Å²) in [7, 11) is 2.20.